The molecule has 0 heterocycles. The molecule has 1 fully saturated rings. The molecule has 0 saturated heterocycles. The van der Waals surface area contributed by atoms with Gasteiger partial charge in [0.2, 0.25) is 0 Å². The lowest BCUT2D eigenvalue weighted by Gasteiger charge is -2.36. The molecular weight excluding hydrogens is 328 g/mol. The lowest BCUT2D eigenvalue weighted by atomic mass is 9.68. The summed E-state index contributed by atoms with van der Waals surface area (Å²) >= 11 is 9.59. The zero-order chi connectivity index (χ0) is 14.0. The topological polar surface area (TPSA) is 37.3 Å². The molecule has 0 amide bonds. The lowest BCUT2D eigenvalue weighted by Crippen LogP contribution is -2.37. The Morgan fingerprint density at radius 1 is 1.47 bits per heavy atom. The Labute approximate surface area is 127 Å². The van der Waals surface area contributed by atoms with Crippen LogP contribution in [0.4, 0.5) is 0 Å². The van der Waals surface area contributed by atoms with Gasteiger partial charge in [-0.05, 0) is 55.7 Å². The van der Waals surface area contributed by atoms with Crippen LogP contribution in [0.5, 0.6) is 0 Å². The van der Waals surface area contributed by atoms with Crippen molar-refractivity contribution in [3.05, 3.63) is 33.3 Å². The Morgan fingerprint density at radius 2 is 2.11 bits per heavy atom. The van der Waals surface area contributed by atoms with Crippen molar-refractivity contribution in [1.82, 2.24) is 0 Å². The van der Waals surface area contributed by atoms with Gasteiger partial charge in [0.1, 0.15) is 0 Å². The molecule has 1 N–H and O–H groups in total. The molecule has 0 radical (unpaired) electrons. The van der Waals surface area contributed by atoms with E-state index in [4.69, 9.17) is 11.6 Å². The number of hydrogen-bond donors (Lipinski definition) is 1. The Morgan fingerprint density at radius 3 is 2.63 bits per heavy atom. The van der Waals surface area contributed by atoms with E-state index < -0.39 is 11.4 Å². The molecule has 0 unspecified atom stereocenters. The molecule has 0 aliphatic heterocycles. The number of rotatable bonds is 3. The van der Waals surface area contributed by atoms with Gasteiger partial charge in [-0.3, -0.25) is 4.79 Å². The molecule has 19 heavy (non-hydrogen) atoms. The van der Waals surface area contributed by atoms with Crippen LogP contribution < -0.4 is 0 Å². The van der Waals surface area contributed by atoms with Crippen LogP contribution >= 0.6 is 27.5 Å². The molecule has 0 bridgehead atoms. The van der Waals surface area contributed by atoms with Crippen LogP contribution in [-0.4, -0.2) is 11.1 Å². The van der Waals surface area contributed by atoms with E-state index in [1.165, 1.54) is 0 Å². The summed E-state index contributed by atoms with van der Waals surface area (Å²) in [5.74, 6) is -0.0498. The number of halogens is 2. The summed E-state index contributed by atoms with van der Waals surface area (Å²) in [7, 11) is 0. The van der Waals surface area contributed by atoms with Gasteiger partial charge in [-0.25, -0.2) is 0 Å². The standard InChI is InChI=1S/C15H18BrClO2/c1-10-4-6-15(7-5-10,14(18)19)9-11-2-3-12(16)8-13(11)17/h2-3,8,10H,4-7,9H2,1H3,(H,18,19). The smallest absolute Gasteiger partial charge is 0.309 e. The third-order valence-corrected chi connectivity index (χ3v) is 5.07. The fraction of sp³-hybridized carbons (Fsp3) is 0.533. The highest BCUT2D eigenvalue weighted by Gasteiger charge is 2.41. The van der Waals surface area contributed by atoms with E-state index in [-0.39, 0.29) is 0 Å². The van der Waals surface area contributed by atoms with Crippen molar-refractivity contribution in [3.8, 4) is 0 Å². The van der Waals surface area contributed by atoms with Crippen molar-refractivity contribution in [2.75, 3.05) is 0 Å². The summed E-state index contributed by atoms with van der Waals surface area (Å²) in [5, 5.41) is 10.3. The van der Waals surface area contributed by atoms with Crippen LogP contribution in [0.2, 0.25) is 5.02 Å². The molecule has 104 valence electrons. The van der Waals surface area contributed by atoms with E-state index >= 15 is 0 Å². The molecule has 4 heteroatoms. The highest BCUT2D eigenvalue weighted by atomic mass is 79.9. The second kappa shape index (κ2) is 5.84. The molecule has 1 aliphatic carbocycles. The van der Waals surface area contributed by atoms with Gasteiger partial charge in [-0.1, -0.05) is 40.5 Å². The first-order valence-electron chi connectivity index (χ1n) is 6.60. The monoisotopic (exact) mass is 344 g/mol. The summed E-state index contributed by atoms with van der Waals surface area (Å²) in [4.78, 5) is 11.7. The Hall–Kier alpha value is -0.540. The second-order valence-electron chi connectivity index (χ2n) is 5.68. The average Bonchev–Trinajstić information content (AvgIpc) is 2.35. The van der Waals surface area contributed by atoms with Crippen LogP contribution in [0.3, 0.4) is 0 Å². The van der Waals surface area contributed by atoms with Gasteiger partial charge in [0, 0.05) is 9.50 Å². The molecule has 2 rings (SSSR count). The Bertz CT molecular complexity index is 479. The fourth-order valence-corrected chi connectivity index (χ4v) is 3.55. The van der Waals surface area contributed by atoms with E-state index in [9.17, 15) is 9.90 Å². The van der Waals surface area contributed by atoms with Crippen LogP contribution in [0.1, 0.15) is 38.2 Å². The van der Waals surface area contributed by atoms with Gasteiger partial charge < -0.3 is 5.11 Å². The Kier molecular flexibility index (Phi) is 4.57. The average molecular weight is 346 g/mol. The molecule has 0 aromatic heterocycles. The first-order chi connectivity index (χ1) is 8.93. The Balaban J connectivity index is 2.24. The van der Waals surface area contributed by atoms with Gasteiger partial charge in [0.05, 0.1) is 5.41 Å². The quantitative estimate of drug-likeness (QED) is 0.843. The van der Waals surface area contributed by atoms with Crippen LogP contribution in [0.25, 0.3) is 0 Å². The van der Waals surface area contributed by atoms with Gasteiger partial charge >= 0.3 is 5.97 Å². The molecular formula is C15H18BrClO2. The predicted molar refractivity (Wildman–Crippen MR) is 80.6 cm³/mol. The first kappa shape index (κ1) is 14.9. The summed E-state index contributed by atoms with van der Waals surface area (Å²) in [6.07, 6.45) is 3.99. The van der Waals surface area contributed by atoms with Gasteiger partial charge in [0.15, 0.2) is 0 Å². The van der Waals surface area contributed by atoms with Crippen molar-refractivity contribution in [1.29, 1.82) is 0 Å². The molecule has 2 nitrogen and oxygen atoms in total. The highest BCUT2D eigenvalue weighted by Crippen LogP contribution is 2.42. The third-order valence-electron chi connectivity index (χ3n) is 4.23. The van der Waals surface area contributed by atoms with Crippen LogP contribution in [0, 0.1) is 11.3 Å². The highest BCUT2D eigenvalue weighted by molar-refractivity contribution is 9.10. The SMILES string of the molecule is CC1CCC(Cc2ccc(Br)cc2Cl)(C(=O)O)CC1. The third kappa shape index (κ3) is 3.32. The fourth-order valence-electron chi connectivity index (χ4n) is 2.81. The molecule has 1 aliphatic rings. The van der Waals surface area contributed by atoms with Crippen LogP contribution in [-0.2, 0) is 11.2 Å². The maximum Gasteiger partial charge on any atom is 0.309 e. The summed E-state index contributed by atoms with van der Waals surface area (Å²) in [5.41, 5.74) is 0.297. The summed E-state index contributed by atoms with van der Waals surface area (Å²) < 4.78 is 0.919. The van der Waals surface area contributed by atoms with E-state index in [1.54, 1.807) is 0 Å². The van der Waals surface area contributed by atoms with Crippen molar-refractivity contribution in [3.63, 3.8) is 0 Å². The van der Waals surface area contributed by atoms with Gasteiger partial charge in [0.25, 0.3) is 0 Å². The van der Waals surface area contributed by atoms with E-state index in [0.717, 1.165) is 35.7 Å². The summed E-state index contributed by atoms with van der Waals surface area (Å²) in [6, 6.07) is 5.68. The zero-order valence-corrected chi connectivity index (χ0v) is 13.3. The maximum absolute atomic E-state index is 11.7. The normalized spacial score (nSPS) is 27.2. The minimum absolute atomic E-state index is 0.529. The summed E-state index contributed by atoms with van der Waals surface area (Å²) in [6.45, 7) is 2.19. The van der Waals surface area contributed by atoms with E-state index in [0.29, 0.717) is 17.4 Å². The molecule has 1 saturated carbocycles. The predicted octanol–water partition coefficient (Wildman–Crippen LogP) is 4.93. The second-order valence-corrected chi connectivity index (χ2v) is 7.00. The number of carbonyl (C=O) groups is 1. The van der Waals surface area contributed by atoms with Crippen LogP contribution in [0.15, 0.2) is 22.7 Å². The minimum Gasteiger partial charge on any atom is -0.481 e. The first-order valence-corrected chi connectivity index (χ1v) is 7.77. The number of carboxylic acid groups (broad SMARTS) is 1. The largest absolute Gasteiger partial charge is 0.481 e. The molecule has 0 spiro atoms. The zero-order valence-electron chi connectivity index (χ0n) is 11.0. The van der Waals surface area contributed by atoms with Gasteiger partial charge in [-0.15, -0.1) is 0 Å². The van der Waals surface area contributed by atoms with E-state index in [2.05, 4.69) is 22.9 Å². The number of aliphatic carboxylic acids is 1. The van der Waals surface area contributed by atoms with Gasteiger partial charge in [-0.2, -0.15) is 0 Å². The van der Waals surface area contributed by atoms with Crippen molar-refractivity contribution in [2.45, 2.75) is 39.0 Å². The number of hydrogen-bond acceptors (Lipinski definition) is 1. The maximum atomic E-state index is 11.7. The molecule has 0 atom stereocenters. The van der Waals surface area contributed by atoms with E-state index in [1.807, 2.05) is 18.2 Å². The molecule has 1 aromatic carbocycles. The molecule has 1 aromatic rings. The minimum atomic E-state index is -0.682. The van der Waals surface area contributed by atoms with Crippen molar-refractivity contribution >= 4 is 33.5 Å². The van der Waals surface area contributed by atoms with Crippen molar-refractivity contribution < 1.29 is 9.90 Å². The number of carboxylic acids is 1. The lowest BCUT2D eigenvalue weighted by molar-refractivity contribution is -0.151. The number of benzene rings is 1. The van der Waals surface area contributed by atoms with Crippen molar-refractivity contribution in [2.24, 2.45) is 11.3 Å².